The normalized spacial score (nSPS) is 11.4. The standard InChI is InChI=1S/C16H13ClO2/c1-11(16(18)19)9-12-5-2-3-8-15(12)13-6-4-7-14(17)10-13/h2-10H,1H3,(H,18,19)/b11-9+. The van der Waals surface area contributed by atoms with Gasteiger partial charge in [0, 0.05) is 10.6 Å². The Labute approximate surface area is 117 Å². The third-order valence-electron chi connectivity index (χ3n) is 2.81. The number of carboxylic acid groups (broad SMARTS) is 1. The summed E-state index contributed by atoms with van der Waals surface area (Å²) in [7, 11) is 0. The summed E-state index contributed by atoms with van der Waals surface area (Å²) in [5.74, 6) is -0.916. The zero-order valence-corrected chi connectivity index (χ0v) is 11.2. The van der Waals surface area contributed by atoms with Crippen molar-refractivity contribution >= 4 is 23.6 Å². The number of hydrogen-bond acceptors (Lipinski definition) is 1. The van der Waals surface area contributed by atoms with Gasteiger partial charge >= 0.3 is 5.97 Å². The van der Waals surface area contributed by atoms with Crippen LogP contribution in [0.1, 0.15) is 12.5 Å². The molecule has 0 saturated carbocycles. The second kappa shape index (κ2) is 5.72. The molecule has 0 bridgehead atoms. The van der Waals surface area contributed by atoms with E-state index in [1.807, 2.05) is 48.5 Å². The van der Waals surface area contributed by atoms with E-state index in [9.17, 15) is 4.79 Å². The van der Waals surface area contributed by atoms with Gasteiger partial charge in [0.1, 0.15) is 0 Å². The maximum Gasteiger partial charge on any atom is 0.331 e. The molecule has 2 aromatic rings. The van der Waals surface area contributed by atoms with Gasteiger partial charge < -0.3 is 5.11 Å². The summed E-state index contributed by atoms with van der Waals surface area (Å²) in [6.45, 7) is 1.58. The summed E-state index contributed by atoms with van der Waals surface area (Å²) in [4.78, 5) is 10.9. The fraction of sp³-hybridized carbons (Fsp3) is 0.0625. The van der Waals surface area contributed by atoms with Crippen molar-refractivity contribution in [3.05, 3.63) is 64.7 Å². The average molecular weight is 273 g/mol. The topological polar surface area (TPSA) is 37.3 Å². The number of carboxylic acids is 1. The Morgan fingerprint density at radius 3 is 2.58 bits per heavy atom. The summed E-state index contributed by atoms with van der Waals surface area (Å²) in [6.07, 6.45) is 1.67. The molecule has 0 aromatic heterocycles. The molecule has 0 unspecified atom stereocenters. The predicted octanol–water partition coefficient (Wildman–Crippen LogP) is 4.49. The summed E-state index contributed by atoms with van der Waals surface area (Å²) in [5.41, 5.74) is 3.10. The van der Waals surface area contributed by atoms with Crippen molar-refractivity contribution < 1.29 is 9.90 Å². The fourth-order valence-electron chi connectivity index (χ4n) is 1.84. The van der Waals surface area contributed by atoms with Gasteiger partial charge in [-0.15, -0.1) is 0 Å². The highest BCUT2D eigenvalue weighted by Gasteiger charge is 2.06. The van der Waals surface area contributed by atoms with Crippen LogP contribution in [-0.4, -0.2) is 11.1 Å². The van der Waals surface area contributed by atoms with E-state index >= 15 is 0 Å². The second-order valence-electron chi connectivity index (χ2n) is 4.23. The van der Waals surface area contributed by atoms with Gasteiger partial charge in [-0.2, -0.15) is 0 Å². The van der Waals surface area contributed by atoms with E-state index in [0.29, 0.717) is 10.6 Å². The van der Waals surface area contributed by atoms with E-state index in [4.69, 9.17) is 16.7 Å². The van der Waals surface area contributed by atoms with Gasteiger partial charge in [0.15, 0.2) is 0 Å². The highest BCUT2D eigenvalue weighted by molar-refractivity contribution is 6.30. The maximum atomic E-state index is 10.9. The molecule has 2 rings (SSSR count). The lowest BCUT2D eigenvalue weighted by Gasteiger charge is -2.07. The minimum absolute atomic E-state index is 0.300. The quantitative estimate of drug-likeness (QED) is 0.836. The molecule has 0 saturated heterocycles. The molecule has 1 N–H and O–H groups in total. The molecule has 0 fully saturated rings. The summed E-state index contributed by atoms with van der Waals surface area (Å²) >= 11 is 5.99. The first-order chi connectivity index (χ1) is 9.08. The zero-order chi connectivity index (χ0) is 13.8. The van der Waals surface area contributed by atoms with Crippen LogP contribution >= 0.6 is 11.6 Å². The van der Waals surface area contributed by atoms with Gasteiger partial charge in [-0.1, -0.05) is 48.0 Å². The minimum atomic E-state index is -0.916. The predicted molar refractivity (Wildman–Crippen MR) is 78.2 cm³/mol. The van der Waals surface area contributed by atoms with Crippen molar-refractivity contribution in [2.24, 2.45) is 0 Å². The highest BCUT2D eigenvalue weighted by atomic mass is 35.5. The van der Waals surface area contributed by atoms with Crippen molar-refractivity contribution in [3.8, 4) is 11.1 Å². The van der Waals surface area contributed by atoms with Crippen LogP contribution < -0.4 is 0 Å². The fourth-order valence-corrected chi connectivity index (χ4v) is 2.03. The van der Waals surface area contributed by atoms with Crippen molar-refractivity contribution in [2.45, 2.75) is 6.92 Å². The zero-order valence-electron chi connectivity index (χ0n) is 10.4. The first-order valence-corrected chi connectivity index (χ1v) is 6.22. The number of hydrogen-bond donors (Lipinski definition) is 1. The lowest BCUT2D eigenvalue weighted by molar-refractivity contribution is -0.132. The summed E-state index contributed by atoms with van der Waals surface area (Å²) < 4.78 is 0. The molecule has 0 aliphatic rings. The molecule has 2 aromatic carbocycles. The van der Waals surface area contributed by atoms with Gasteiger partial charge in [0.25, 0.3) is 0 Å². The van der Waals surface area contributed by atoms with Crippen LogP contribution in [0.5, 0.6) is 0 Å². The number of aliphatic carboxylic acids is 1. The Bertz CT molecular complexity index is 645. The third-order valence-corrected chi connectivity index (χ3v) is 3.04. The Kier molecular flexibility index (Phi) is 4.03. The highest BCUT2D eigenvalue weighted by Crippen LogP contribution is 2.27. The molecular weight excluding hydrogens is 260 g/mol. The van der Waals surface area contributed by atoms with Crippen LogP contribution in [0.4, 0.5) is 0 Å². The van der Waals surface area contributed by atoms with E-state index in [0.717, 1.165) is 16.7 Å². The van der Waals surface area contributed by atoms with Crippen LogP contribution in [0.15, 0.2) is 54.1 Å². The average Bonchev–Trinajstić information content (AvgIpc) is 2.39. The van der Waals surface area contributed by atoms with Crippen LogP contribution in [0.25, 0.3) is 17.2 Å². The Morgan fingerprint density at radius 2 is 1.89 bits per heavy atom. The number of benzene rings is 2. The molecule has 0 spiro atoms. The molecule has 0 amide bonds. The van der Waals surface area contributed by atoms with Gasteiger partial charge in [0.2, 0.25) is 0 Å². The molecule has 96 valence electrons. The molecule has 3 heteroatoms. The second-order valence-corrected chi connectivity index (χ2v) is 4.67. The molecule has 0 aliphatic heterocycles. The smallest absolute Gasteiger partial charge is 0.331 e. The summed E-state index contributed by atoms with van der Waals surface area (Å²) in [6, 6.07) is 15.2. The van der Waals surface area contributed by atoms with Crippen molar-refractivity contribution in [2.75, 3.05) is 0 Å². The molecule has 0 atom stereocenters. The Hall–Kier alpha value is -2.06. The molecule has 0 radical (unpaired) electrons. The van der Waals surface area contributed by atoms with E-state index in [-0.39, 0.29) is 0 Å². The Balaban J connectivity index is 2.53. The molecular formula is C16H13ClO2. The van der Waals surface area contributed by atoms with Crippen molar-refractivity contribution in [3.63, 3.8) is 0 Å². The van der Waals surface area contributed by atoms with Crippen LogP contribution in [0.2, 0.25) is 5.02 Å². The SMILES string of the molecule is C/C(=C\c1ccccc1-c1cccc(Cl)c1)C(=O)O. The Morgan fingerprint density at radius 1 is 1.16 bits per heavy atom. The number of halogens is 1. The van der Waals surface area contributed by atoms with Crippen molar-refractivity contribution in [1.82, 2.24) is 0 Å². The van der Waals surface area contributed by atoms with E-state index in [1.54, 1.807) is 13.0 Å². The van der Waals surface area contributed by atoms with Gasteiger partial charge in [0.05, 0.1) is 0 Å². The largest absolute Gasteiger partial charge is 0.478 e. The lowest BCUT2D eigenvalue weighted by atomic mass is 9.98. The number of carbonyl (C=O) groups is 1. The minimum Gasteiger partial charge on any atom is -0.478 e. The monoisotopic (exact) mass is 272 g/mol. The van der Waals surface area contributed by atoms with Crippen LogP contribution in [0.3, 0.4) is 0 Å². The molecule has 0 aliphatic carbocycles. The molecule has 0 heterocycles. The first-order valence-electron chi connectivity index (χ1n) is 5.84. The molecule has 2 nitrogen and oxygen atoms in total. The molecule has 19 heavy (non-hydrogen) atoms. The van der Waals surface area contributed by atoms with E-state index < -0.39 is 5.97 Å². The van der Waals surface area contributed by atoms with Crippen LogP contribution in [-0.2, 0) is 4.79 Å². The number of rotatable bonds is 3. The van der Waals surface area contributed by atoms with Crippen LogP contribution in [0, 0.1) is 0 Å². The third kappa shape index (κ3) is 3.24. The van der Waals surface area contributed by atoms with Gasteiger partial charge in [-0.3, -0.25) is 0 Å². The maximum absolute atomic E-state index is 10.9. The van der Waals surface area contributed by atoms with E-state index in [1.165, 1.54) is 0 Å². The summed E-state index contributed by atoms with van der Waals surface area (Å²) in [5, 5.41) is 9.62. The van der Waals surface area contributed by atoms with Gasteiger partial charge in [-0.25, -0.2) is 4.79 Å². The van der Waals surface area contributed by atoms with E-state index in [2.05, 4.69) is 0 Å². The first kappa shape index (κ1) is 13.4. The van der Waals surface area contributed by atoms with Gasteiger partial charge in [-0.05, 0) is 41.8 Å². The lowest BCUT2D eigenvalue weighted by Crippen LogP contribution is -1.96. The van der Waals surface area contributed by atoms with Crippen molar-refractivity contribution in [1.29, 1.82) is 0 Å².